The Kier molecular flexibility index (Phi) is 5.21. The number of hydrogen-bond acceptors (Lipinski definition) is 4. The average molecular weight is 366 g/mol. The predicted octanol–water partition coefficient (Wildman–Crippen LogP) is 3.81. The summed E-state index contributed by atoms with van der Waals surface area (Å²) in [4.78, 5) is 14.3. The minimum absolute atomic E-state index is 0.117. The molecule has 1 saturated heterocycles. The molecule has 3 rings (SSSR count). The zero-order valence-electron chi connectivity index (χ0n) is 13.2. The molecule has 2 aromatic rings. The van der Waals surface area contributed by atoms with Gasteiger partial charge in [0.15, 0.2) is 5.69 Å². The van der Waals surface area contributed by atoms with Crippen molar-refractivity contribution in [1.29, 1.82) is 0 Å². The molecular weight excluding hydrogens is 349 g/mol. The third kappa shape index (κ3) is 3.47. The van der Waals surface area contributed by atoms with Gasteiger partial charge in [-0.15, -0.1) is 10.2 Å². The van der Waals surface area contributed by atoms with Crippen LogP contribution in [0.25, 0.3) is 0 Å². The van der Waals surface area contributed by atoms with Gasteiger partial charge in [0.1, 0.15) is 0 Å². The second-order valence-corrected chi connectivity index (χ2v) is 6.48. The molecular formula is C17H17Cl2N3O2. The molecule has 2 heterocycles. The van der Waals surface area contributed by atoms with E-state index in [1.165, 1.54) is 7.11 Å². The Bertz CT molecular complexity index is 709. The fourth-order valence-corrected chi connectivity index (χ4v) is 3.68. The van der Waals surface area contributed by atoms with Gasteiger partial charge >= 0.3 is 0 Å². The molecule has 0 saturated carbocycles. The van der Waals surface area contributed by atoms with Crippen molar-refractivity contribution in [3.8, 4) is 5.88 Å². The Morgan fingerprint density at radius 2 is 1.79 bits per heavy atom. The van der Waals surface area contributed by atoms with Crippen LogP contribution in [0.1, 0.15) is 34.8 Å². The summed E-state index contributed by atoms with van der Waals surface area (Å²) >= 11 is 12.6. The SMILES string of the molecule is COc1ccc(C(=O)N2CCC(c3c(Cl)cccc3Cl)CC2)nn1. The van der Waals surface area contributed by atoms with E-state index in [1.54, 1.807) is 17.0 Å². The number of carbonyl (C=O) groups is 1. The van der Waals surface area contributed by atoms with Crippen LogP contribution >= 0.6 is 23.2 Å². The van der Waals surface area contributed by atoms with Gasteiger partial charge in [0, 0.05) is 29.2 Å². The lowest BCUT2D eigenvalue weighted by molar-refractivity contribution is 0.0705. The smallest absolute Gasteiger partial charge is 0.274 e. The second-order valence-electron chi connectivity index (χ2n) is 5.66. The number of likely N-dealkylation sites (tertiary alicyclic amines) is 1. The van der Waals surface area contributed by atoms with Crippen molar-refractivity contribution in [3.63, 3.8) is 0 Å². The highest BCUT2D eigenvalue weighted by atomic mass is 35.5. The summed E-state index contributed by atoms with van der Waals surface area (Å²) in [7, 11) is 1.51. The molecule has 0 spiro atoms. The number of methoxy groups -OCH3 is 1. The van der Waals surface area contributed by atoms with Gasteiger partial charge in [-0.1, -0.05) is 29.3 Å². The van der Waals surface area contributed by atoms with E-state index in [2.05, 4.69) is 10.2 Å². The number of hydrogen-bond donors (Lipinski definition) is 0. The lowest BCUT2D eigenvalue weighted by atomic mass is 9.89. The number of piperidine rings is 1. The first-order valence-corrected chi connectivity index (χ1v) is 8.46. The van der Waals surface area contributed by atoms with Crippen molar-refractivity contribution in [2.24, 2.45) is 0 Å². The Labute approximate surface area is 150 Å². The Hall–Kier alpha value is -1.85. The van der Waals surface area contributed by atoms with Gasteiger partial charge in [0.05, 0.1) is 7.11 Å². The lowest BCUT2D eigenvalue weighted by Gasteiger charge is -2.32. The summed E-state index contributed by atoms with van der Waals surface area (Å²) in [5.74, 6) is 0.532. The maximum atomic E-state index is 12.5. The van der Waals surface area contributed by atoms with E-state index in [1.807, 2.05) is 18.2 Å². The van der Waals surface area contributed by atoms with Crippen molar-refractivity contribution in [2.75, 3.05) is 20.2 Å². The van der Waals surface area contributed by atoms with Gasteiger partial charge < -0.3 is 9.64 Å². The molecule has 1 aromatic carbocycles. The van der Waals surface area contributed by atoms with Crippen molar-refractivity contribution >= 4 is 29.1 Å². The number of carbonyl (C=O) groups excluding carboxylic acids is 1. The number of halogens is 2. The summed E-state index contributed by atoms with van der Waals surface area (Å²) in [5, 5.41) is 9.14. The third-order valence-corrected chi connectivity index (χ3v) is 4.92. The predicted molar refractivity (Wildman–Crippen MR) is 92.9 cm³/mol. The zero-order valence-corrected chi connectivity index (χ0v) is 14.7. The molecule has 0 aliphatic carbocycles. The maximum Gasteiger partial charge on any atom is 0.274 e. The van der Waals surface area contributed by atoms with Gasteiger partial charge in [-0.25, -0.2) is 0 Å². The quantitative estimate of drug-likeness (QED) is 0.829. The van der Waals surface area contributed by atoms with E-state index in [0.717, 1.165) is 18.4 Å². The number of ether oxygens (including phenoxy) is 1. The number of amides is 1. The minimum Gasteiger partial charge on any atom is -0.480 e. The van der Waals surface area contributed by atoms with E-state index < -0.39 is 0 Å². The largest absolute Gasteiger partial charge is 0.480 e. The minimum atomic E-state index is -0.117. The Balaban J connectivity index is 1.67. The van der Waals surface area contributed by atoms with Crippen LogP contribution in [0.2, 0.25) is 10.0 Å². The van der Waals surface area contributed by atoms with Crippen LogP contribution in [0.4, 0.5) is 0 Å². The molecule has 0 radical (unpaired) electrons. The molecule has 5 nitrogen and oxygen atoms in total. The van der Waals surface area contributed by atoms with Crippen molar-refractivity contribution < 1.29 is 9.53 Å². The van der Waals surface area contributed by atoms with Crippen LogP contribution in [0, 0.1) is 0 Å². The van der Waals surface area contributed by atoms with E-state index in [0.29, 0.717) is 34.7 Å². The lowest BCUT2D eigenvalue weighted by Crippen LogP contribution is -2.38. The molecule has 7 heteroatoms. The van der Waals surface area contributed by atoms with Crippen LogP contribution in [0.3, 0.4) is 0 Å². The highest BCUT2D eigenvalue weighted by Gasteiger charge is 2.27. The van der Waals surface area contributed by atoms with Crippen molar-refractivity contribution in [3.05, 3.63) is 51.6 Å². The van der Waals surface area contributed by atoms with Gasteiger partial charge in [-0.05, 0) is 42.5 Å². The molecule has 1 fully saturated rings. The molecule has 126 valence electrons. The normalized spacial score (nSPS) is 15.4. The summed E-state index contributed by atoms with van der Waals surface area (Å²) in [6.07, 6.45) is 1.64. The van der Waals surface area contributed by atoms with Crippen molar-refractivity contribution in [2.45, 2.75) is 18.8 Å². The highest BCUT2D eigenvalue weighted by Crippen LogP contribution is 2.37. The highest BCUT2D eigenvalue weighted by molar-refractivity contribution is 6.36. The first-order chi connectivity index (χ1) is 11.6. The van der Waals surface area contributed by atoms with Crippen LogP contribution in [-0.4, -0.2) is 41.2 Å². The number of rotatable bonds is 3. The van der Waals surface area contributed by atoms with Gasteiger partial charge in [-0.2, -0.15) is 0 Å². The summed E-state index contributed by atoms with van der Waals surface area (Å²) in [6, 6.07) is 8.82. The van der Waals surface area contributed by atoms with Crippen LogP contribution in [0.5, 0.6) is 5.88 Å². The van der Waals surface area contributed by atoms with E-state index >= 15 is 0 Å². The fourth-order valence-electron chi connectivity index (χ4n) is 2.98. The van der Waals surface area contributed by atoms with Crippen LogP contribution < -0.4 is 4.74 Å². The third-order valence-electron chi connectivity index (χ3n) is 4.26. The number of nitrogens with zero attached hydrogens (tertiary/aromatic N) is 3. The molecule has 24 heavy (non-hydrogen) atoms. The maximum absolute atomic E-state index is 12.5. The molecule has 0 bridgehead atoms. The summed E-state index contributed by atoms with van der Waals surface area (Å²) in [5.41, 5.74) is 1.31. The molecule has 1 aromatic heterocycles. The van der Waals surface area contributed by atoms with Crippen molar-refractivity contribution in [1.82, 2.24) is 15.1 Å². The first-order valence-electron chi connectivity index (χ1n) is 7.71. The zero-order chi connectivity index (χ0) is 17.1. The Morgan fingerprint density at radius 1 is 1.12 bits per heavy atom. The first kappa shape index (κ1) is 17.0. The van der Waals surface area contributed by atoms with Gasteiger partial charge in [0.2, 0.25) is 5.88 Å². The van der Waals surface area contributed by atoms with E-state index in [-0.39, 0.29) is 11.8 Å². The van der Waals surface area contributed by atoms with E-state index in [4.69, 9.17) is 27.9 Å². The summed E-state index contributed by atoms with van der Waals surface area (Å²) in [6.45, 7) is 1.28. The standard InChI is InChI=1S/C17H17Cl2N3O2/c1-24-15-6-5-14(20-21-15)17(23)22-9-7-11(8-10-22)16-12(18)3-2-4-13(16)19/h2-6,11H,7-10H2,1H3. The number of benzene rings is 1. The molecule has 0 unspecified atom stereocenters. The van der Waals surface area contributed by atoms with Gasteiger partial charge in [-0.3, -0.25) is 4.79 Å². The van der Waals surface area contributed by atoms with E-state index in [9.17, 15) is 4.79 Å². The van der Waals surface area contributed by atoms with Crippen LogP contribution in [-0.2, 0) is 0 Å². The van der Waals surface area contributed by atoms with Crippen LogP contribution in [0.15, 0.2) is 30.3 Å². The number of aromatic nitrogens is 2. The monoisotopic (exact) mass is 365 g/mol. The fraction of sp³-hybridized carbons (Fsp3) is 0.353. The topological polar surface area (TPSA) is 55.3 Å². The second kappa shape index (κ2) is 7.36. The molecule has 1 amide bonds. The molecule has 0 N–H and O–H groups in total. The van der Waals surface area contributed by atoms with Gasteiger partial charge in [0.25, 0.3) is 5.91 Å². The molecule has 0 atom stereocenters. The molecule has 1 aliphatic rings. The Morgan fingerprint density at radius 3 is 2.33 bits per heavy atom. The molecule has 1 aliphatic heterocycles. The summed E-state index contributed by atoms with van der Waals surface area (Å²) < 4.78 is 4.96. The average Bonchev–Trinajstić information content (AvgIpc) is 2.62.